The second kappa shape index (κ2) is 46.9. The summed E-state index contributed by atoms with van der Waals surface area (Å²) in [4.78, 5) is 213. The van der Waals surface area contributed by atoms with Crippen molar-refractivity contribution in [1.82, 2.24) is 69.1 Å². The van der Waals surface area contributed by atoms with Crippen LogP contribution in [-0.4, -0.2) is 247 Å². The van der Waals surface area contributed by atoms with E-state index >= 15 is 0 Å². The SMILES string of the molecule is CC[C@H](C)[C@H](NC(=O)CN)C(=O)N[C@H](C(=O)N[C@@H](CCC(=O)O)C(=O)N[C@@H](CCC(N)=O)C(=O)N[C@@H](CS)C(=O)N[C@@H](CS)C(=O)N[C@H](C(=O)N[C@@H](CO)C(=O)N[C@H](C(=O)N[C@@H](CS)C(=O)N[C@@H](CO)C(=O)N[C@@H](CC(C)C)C(=O)N[C@@H](Cc1ccc(O)cc1)C(=O)O)[C@@H](C)CC)[C@@H](C)O)C(C)C. The number of hydrogen-bond donors (Lipinski definition) is 24. The number of phenolic OH excluding ortho intramolecular Hbond substituents is 1. The van der Waals surface area contributed by atoms with Gasteiger partial charge in [0, 0.05) is 36.5 Å². The molecule has 0 saturated carbocycles. The maximum atomic E-state index is 14.0. The number of carboxylic acid groups (broad SMARTS) is 2. The van der Waals surface area contributed by atoms with Gasteiger partial charge in [0.05, 0.1) is 25.9 Å². The third-order valence-electron chi connectivity index (χ3n) is 16.1. The minimum Gasteiger partial charge on any atom is -0.508 e. The van der Waals surface area contributed by atoms with Crippen molar-refractivity contribution in [3.63, 3.8) is 0 Å². The minimum absolute atomic E-state index is 0.0270. The molecule has 40 heteroatoms. The first-order valence-corrected chi connectivity index (χ1v) is 35.0. The number of aromatic hydroxyl groups is 1. The second-order valence-corrected chi connectivity index (χ2v) is 26.3. The van der Waals surface area contributed by atoms with Gasteiger partial charge >= 0.3 is 11.9 Å². The van der Waals surface area contributed by atoms with Crippen molar-refractivity contribution in [2.45, 2.75) is 198 Å². The zero-order chi connectivity index (χ0) is 78.7. The van der Waals surface area contributed by atoms with Gasteiger partial charge in [-0.2, -0.15) is 37.9 Å². The summed E-state index contributed by atoms with van der Waals surface area (Å²) >= 11 is 12.4. The number of carbonyl (C=O) groups excluding carboxylic acids is 14. The number of phenols is 1. The van der Waals surface area contributed by atoms with Gasteiger partial charge in [0.25, 0.3) is 0 Å². The third kappa shape index (κ3) is 32.3. The molecule has 23 N–H and O–H groups in total. The van der Waals surface area contributed by atoms with E-state index in [9.17, 15) is 107 Å². The Morgan fingerprint density at radius 3 is 1.17 bits per heavy atom. The highest BCUT2D eigenvalue weighted by atomic mass is 32.1. The summed E-state index contributed by atoms with van der Waals surface area (Å²) in [5, 5.41) is 91.0. The third-order valence-corrected chi connectivity index (χ3v) is 17.2. The summed E-state index contributed by atoms with van der Waals surface area (Å²) < 4.78 is 0. The number of carboxylic acids is 2. The summed E-state index contributed by atoms with van der Waals surface area (Å²) in [7, 11) is 0. The fourth-order valence-corrected chi connectivity index (χ4v) is 10.4. The lowest BCUT2D eigenvalue weighted by atomic mass is 9.96. The summed E-state index contributed by atoms with van der Waals surface area (Å²) in [6.07, 6.45) is -3.77. The number of rotatable bonds is 48. The Hall–Kier alpha value is -8.57. The highest BCUT2D eigenvalue weighted by Crippen LogP contribution is 2.16. The first-order chi connectivity index (χ1) is 48.3. The number of hydrogen-bond acceptors (Lipinski definition) is 24. The molecule has 0 fully saturated rings. The summed E-state index contributed by atoms with van der Waals surface area (Å²) in [6.45, 7) is 11.5. The number of benzene rings is 1. The van der Waals surface area contributed by atoms with Crippen LogP contribution in [0.2, 0.25) is 0 Å². The molecule has 0 bridgehead atoms. The van der Waals surface area contributed by atoms with E-state index in [0.717, 1.165) is 6.92 Å². The van der Waals surface area contributed by atoms with E-state index in [1.165, 1.54) is 31.2 Å². The molecule has 37 nitrogen and oxygen atoms in total. The topological polar surface area (TPSA) is 603 Å². The molecule has 0 aliphatic carbocycles. The molecule has 580 valence electrons. The van der Waals surface area contributed by atoms with Crippen LogP contribution in [-0.2, 0) is 83.1 Å². The predicted molar refractivity (Wildman–Crippen MR) is 380 cm³/mol. The molecule has 103 heavy (non-hydrogen) atoms. The first-order valence-electron chi connectivity index (χ1n) is 33.2. The van der Waals surface area contributed by atoms with Crippen molar-refractivity contribution < 1.29 is 107 Å². The van der Waals surface area contributed by atoms with Gasteiger partial charge in [-0.3, -0.25) is 71.9 Å². The maximum absolute atomic E-state index is 14.0. The molecule has 0 radical (unpaired) electrons. The van der Waals surface area contributed by atoms with Gasteiger partial charge < -0.3 is 111 Å². The lowest BCUT2D eigenvalue weighted by Gasteiger charge is -2.29. The number of thiol groups is 3. The van der Waals surface area contributed by atoms with Crippen LogP contribution in [0.5, 0.6) is 5.75 Å². The Labute approximate surface area is 612 Å². The van der Waals surface area contributed by atoms with Gasteiger partial charge in [-0.1, -0.05) is 80.4 Å². The number of nitrogens with two attached hydrogens (primary N) is 2. The number of aliphatic hydroxyl groups excluding tert-OH is 3. The van der Waals surface area contributed by atoms with Crippen molar-refractivity contribution in [3.8, 4) is 5.75 Å². The molecule has 0 aromatic heterocycles. The minimum atomic E-state index is -1.96. The van der Waals surface area contributed by atoms with Crippen LogP contribution in [0.1, 0.15) is 113 Å². The molecule has 14 amide bonds. The zero-order valence-electron chi connectivity index (χ0n) is 58.8. The van der Waals surface area contributed by atoms with Crippen LogP contribution in [0.25, 0.3) is 0 Å². The lowest BCUT2D eigenvalue weighted by Crippen LogP contribution is -2.63. The Morgan fingerprint density at radius 2 is 0.757 bits per heavy atom. The molecule has 0 unspecified atom stereocenters. The Kier molecular flexibility index (Phi) is 42.1. The Balaban J connectivity index is 3.31. The lowest BCUT2D eigenvalue weighted by molar-refractivity contribution is -0.142. The van der Waals surface area contributed by atoms with Crippen molar-refractivity contribution in [1.29, 1.82) is 0 Å². The maximum Gasteiger partial charge on any atom is 0.326 e. The molecule has 1 rings (SSSR count). The predicted octanol–water partition coefficient (Wildman–Crippen LogP) is -6.64. The summed E-state index contributed by atoms with van der Waals surface area (Å²) in [6, 6.07) is -15.4. The van der Waals surface area contributed by atoms with Crippen LogP contribution in [0.4, 0.5) is 0 Å². The average Bonchev–Trinajstić information content (AvgIpc) is 0.876. The van der Waals surface area contributed by atoms with Crippen LogP contribution in [0, 0.1) is 23.7 Å². The Bertz CT molecular complexity index is 3080. The fraction of sp³-hybridized carbons (Fsp3) is 0.651. The molecule has 0 aliphatic heterocycles. The zero-order valence-corrected chi connectivity index (χ0v) is 61.5. The molecule has 1 aromatic carbocycles. The number of aliphatic hydroxyl groups is 3. The number of primary amides is 1. The van der Waals surface area contributed by atoms with E-state index in [0.29, 0.717) is 12.0 Å². The van der Waals surface area contributed by atoms with Crippen molar-refractivity contribution in [3.05, 3.63) is 29.8 Å². The summed E-state index contributed by atoms with van der Waals surface area (Å²) in [5.41, 5.74) is 11.3. The van der Waals surface area contributed by atoms with Gasteiger partial charge in [0.15, 0.2) is 0 Å². The number of nitrogens with one attached hydrogen (secondary N) is 13. The standard InChI is InChI=1S/C63H103N15O22S3/c1-10-30(7)48(75-45(84)22-64)61(97)76-47(29(5)6)59(95)67-36(17-19-46(85)86)51(87)66-35(16-18-44(65)83)52(88)72-41(25-101)57(93)73-43(27-103)58(94)78-50(32(9)81)62(98)71-40(24-80)55(91)77-49(31(8)11-2)60(96)74-42(26-102)56(92)70-39(23-79)54(90)68-37(20-28(3)4)53(89)69-38(63(99)100)21-33-12-14-34(82)15-13-33/h12-15,28-32,35-43,47-50,79-82,101-103H,10-11,16-27,64H2,1-9H3,(H2,65,83)(H,66,87)(H,67,95)(H,68,90)(H,69,89)(H,70,92)(H,71,98)(H,72,88)(H,73,93)(H,74,96)(H,75,84)(H,76,97)(H,77,91)(H,78,94)(H,85,86)(H,99,100)/t30-,31-,32+,35-,36-,37-,38-,39-,40-,41-,42-,43-,47-,48-,49-,50-/m0/s1. The second-order valence-electron chi connectivity index (χ2n) is 25.2. The van der Waals surface area contributed by atoms with Crippen LogP contribution >= 0.6 is 37.9 Å². The van der Waals surface area contributed by atoms with E-state index in [1.54, 1.807) is 48.5 Å². The van der Waals surface area contributed by atoms with Crippen LogP contribution < -0.4 is 80.6 Å². The van der Waals surface area contributed by atoms with Crippen molar-refractivity contribution >= 4 is 133 Å². The van der Waals surface area contributed by atoms with Crippen LogP contribution in [0.3, 0.4) is 0 Å². The van der Waals surface area contributed by atoms with Gasteiger partial charge in [0.1, 0.15) is 84.3 Å². The van der Waals surface area contributed by atoms with E-state index in [2.05, 4.69) is 107 Å². The van der Waals surface area contributed by atoms with E-state index in [4.69, 9.17) is 11.5 Å². The molecule has 0 heterocycles. The molecule has 16 atom stereocenters. The highest BCUT2D eigenvalue weighted by Gasteiger charge is 2.39. The molecule has 0 saturated heterocycles. The number of aliphatic carboxylic acids is 2. The molecular weight excluding hydrogens is 1410 g/mol. The largest absolute Gasteiger partial charge is 0.508 e. The van der Waals surface area contributed by atoms with E-state index < -0.39 is 260 Å². The molecule has 0 aliphatic rings. The molecular formula is C63H103N15O22S3. The normalized spacial score (nSPS) is 15.9. The molecule has 0 spiro atoms. The molecule has 1 aromatic rings. The van der Waals surface area contributed by atoms with Gasteiger partial charge in [-0.25, -0.2) is 4.79 Å². The van der Waals surface area contributed by atoms with E-state index in [-0.39, 0.29) is 30.9 Å². The monoisotopic (exact) mass is 1520 g/mol. The quantitative estimate of drug-likeness (QED) is 0.0270. The number of carbonyl (C=O) groups is 16. The van der Waals surface area contributed by atoms with E-state index in [1.807, 2.05) is 0 Å². The number of amides is 14. The van der Waals surface area contributed by atoms with Crippen molar-refractivity contribution in [2.75, 3.05) is 37.0 Å². The first kappa shape index (κ1) is 92.4. The van der Waals surface area contributed by atoms with Crippen LogP contribution in [0.15, 0.2) is 24.3 Å². The van der Waals surface area contributed by atoms with Gasteiger partial charge in [0.2, 0.25) is 82.7 Å². The highest BCUT2D eigenvalue weighted by molar-refractivity contribution is 7.80. The van der Waals surface area contributed by atoms with Gasteiger partial charge in [-0.15, -0.1) is 0 Å². The smallest absolute Gasteiger partial charge is 0.326 e. The average molecular weight is 1520 g/mol. The Morgan fingerprint density at radius 1 is 0.427 bits per heavy atom. The summed E-state index contributed by atoms with van der Waals surface area (Å²) in [5.74, 6) is -21.1. The van der Waals surface area contributed by atoms with Crippen molar-refractivity contribution in [2.24, 2.45) is 35.1 Å². The van der Waals surface area contributed by atoms with Gasteiger partial charge in [-0.05, 0) is 67.6 Å². The fourth-order valence-electron chi connectivity index (χ4n) is 9.58.